The van der Waals surface area contributed by atoms with Crippen molar-refractivity contribution in [2.45, 2.75) is 31.7 Å². The van der Waals surface area contributed by atoms with E-state index in [9.17, 15) is 22.8 Å². The Bertz CT molecular complexity index is 1370. The highest BCUT2D eigenvalue weighted by Gasteiger charge is 2.47. The number of benzene rings is 1. The molecule has 5 rings (SSSR count). The van der Waals surface area contributed by atoms with Gasteiger partial charge in [-0.3, -0.25) is 4.79 Å². The van der Waals surface area contributed by atoms with Crippen LogP contribution in [0.15, 0.2) is 23.0 Å². The molecule has 1 aliphatic carbocycles. The van der Waals surface area contributed by atoms with E-state index in [-0.39, 0.29) is 29.0 Å². The first-order valence-electron chi connectivity index (χ1n) is 10.1. The average Bonchev–Trinajstić information content (AvgIpc) is 3.37. The number of aromatic nitrogens is 4. The van der Waals surface area contributed by atoms with Gasteiger partial charge in [-0.15, -0.1) is 13.2 Å². The lowest BCUT2D eigenvalue weighted by Gasteiger charge is -2.19. The van der Waals surface area contributed by atoms with Crippen molar-refractivity contribution in [2.75, 3.05) is 23.4 Å². The molecule has 0 atom stereocenters. The maximum Gasteiger partial charge on any atom is 0.573 e. The monoisotopic (exact) mass is 496 g/mol. The second kappa shape index (κ2) is 7.72. The molecule has 178 valence electrons. The number of carbonyl (C=O) groups is 1. The van der Waals surface area contributed by atoms with Gasteiger partial charge in [0.05, 0.1) is 22.6 Å². The van der Waals surface area contributed by atoms with E-state index in [0.717, 1.165) is 6.07 Å². The molecule has 2 N–H and O–H groups in total. The molecule has 1 amide bonds. The Kier molecular flexibility index (Phi) is 5.04. The Morgan fingerprint density at radius 1 is 1.21 bits per heavy atom. The minimum atomic E-state index is -4.92. The van der Waals surface area contributed by atoms with Gasteiger partial charge in [-0.1, -0.05) is 11.6 Å². The molecule has 2 aliphatic rings. The van der Waals surface area contributed by atoms with Gasteiger partial charge in [0, 0.05) is 17.0 Å². The molecule has 14 heteroatoms. The van der Waals surface area contributed by atoms with Crippen LogP contribution in [0.5, 0.6) is 5.75 Å². The van der Waals surface area contributed by atoms with Gasteiger partial charge in [-0.05, 0) is 31.9 Å². The number of cyclic esters (lactones) is 1. The van der Waals surface area contributed by atoms with Crippen LogP contribution in [-0.4, -0.2) is 45.5 Å². The first-order valence-corrected chi connectivity index (χ1v) is 10.5. The number of halogens is 4. The van der Waals surface area contributed by atoms with E-state index in [1.165, 1.54) is 11.0 Å². The smallest absolute Gasteiger partial charge is 0.447 e. The molecule has 1 aliphatic heterocycles. The highest BCUT2D eigenvalue weighted by atomic mass is 35.5. The number of nitrogens with zero attached hydrogens (tertiary/aromatic N) is 4. The predicted octanol–water partition coefficient (Wildman–Crippen LogP) is 3.63. The number of amides is 1. The van der Waals surface area contributed by atoms with Crippen LogP contribution in [0.3, 0.4) is 0 Å². The summed E-state index contributed by atoms with van der Waals surface area (Å²) >= 11 is 5.97. The second-order valence-electron chi connectivity index (χ2n) is 7.91. The third kappa shape index (κ3) is 4.18. The van der Waals surface area contributed by atoms with Crippen LogP contribution in [-0.2, 0) is 10.3 Å². The van der Waals surface area contributed by atoms with Crippen molar-refractivity contribution >= 4 is 40.5 Å². The molecular formula is C20H16ClF3N6O4. The number of ether oxygens (including phenoxy) is 2. The lowest BCUT2D eigenvalue weighted by Crippen LogP contribution is -2.30. The number of anilines is 2. The Morgan fingerprint density at radius 3 is 2.62 bits per heavy atom. The SMILES string of the molecule is Cc1nc(NC2(c3cc4cc(Cl)c(OC(F)(F)F)cc4[nH]c3=O)CC2)nc(N2CCOC2=O)n1. The molecule has 0 bridgehead atoms. The summed E-state index contributed by atoms with van der Waals surface area (Å²) in [5.74, 6) is 0.0493. The Labute approximate surface area is 194 Å². The molecule has 3 aromatic rings. The molecule has 3 heterocycles. The Hall–Kier alpha value is -3.61. The molecule has 2 aromatic heterocycles. The summed E-state index contributed by atoms with van der Waals surface area (Å²) in [7, 11) is 0. The average molecular weight is 497 g/mol. The van der Waals surface area contributed by atoms with E-state index in [4.69, 9.17) is 16.3 Å². The lowest BCUT2D eigenvalue weighted by atomic mass is 10.0. The first-order chi connectivity index (χ1) is 16.0. The van der Waals surface area contributed by atoms with Crippen LogP contribution >= 0.6 is 11.6 Å². The van der Waals surface area contributed by atoms with Gasteiger partial charge in [0.25, 0.3) is 5.56 Å². The molecule has 1 saturated heterocycles. The van der Waals surface area contributed by atoms with E-state index >= 15 is 0 Å². The molecule has 0 radical (unpaired) electrons. The molecule has 1 aromatic carbocycles. The molecule has 1 saturated carbocycles. The summed E-state index contributed by atoms with van der Waals surface area (Å²) in [6.07, 6.45) is -4.32. The molecule has 10 nitrogen and oxygen atoms in total. The third-order valence-electron chi connectivity index (χ3n) is 5.48. The van der Waals surface area contributed by atoms with Crippen molar-refractivity contribution in [1.29, 1.82) is 0 Å². The van der Waals surface area contributed by atoms with Gasteiger partial charge in [0.2, 0.25) is 11.9 Å². The number of rotatable bonds is 5. The van der Waals surface area contributed by atoms with Crippen molar-refractivity contribution < 1.29 is 27.4 Å². The number of aromatic amines is 1. The van der Waals surface area contributed by atoms with Crippen LogP contribution in [0.2, 0.25) is 5.02 Å². The molecule has 34 heavy (non-hydrogen) atoms. The van der Waals surface area contributed by atoms with Crippen molar-refractivity contribution in [2.24, 2.45) is 0 Å². The van der Waals surface area contributed by atoms with Gasteiger partial charge < -0.3 is 19.8 Å². The predicted molar refractivity (Wildman–Crippen MR) is 114 cm³/mol. The van der Waals surface area contributed by atoms with E-state index in [0.29, 0.717) is 36.2 Å². The van der Waals surface area contributed by atoms with E-state index in [1.54, 1.807) is 13.0 Å². The fourth-order valence-electron chi connectivity index (χ4n) is 3.79. The third-order valence-corrected chi connectivity index (χ3v) is 5.77. The highest BCUT2D eigenvalue weighted by Crippen LogP contribution is 2.47. The number of hydrogen-bond donors (Lipinski definition) is 2. The summed E-state index contributed by atoms with van der Waals surface area (Å²) in [5.41, 5.74) is -0.807. The van der Waals surface area contributed by atoms with E-state index < -0.39 is 29.3 Å². The van der Waals surface area contributed by atoms with Crippen LogP contribution in [0.25, 0.3) is 10.9 Å². The Balaban J connectivity index is 1.48. The zero-order valence-corrected chi connectivity index (χ0v) is 18.3. The number of alkyl halides is 3. The summed E-state index contributed by atoms with van der Waals surface area (Å²) < 4.78 is 46.7. The molecule has 0 unspecified atom stereocenters. The summed E-state index contributed by atoms with van der Waals surface area (Å²) in [6.45, 7) is 2.17. The van der Waals surface area contributed by atoms with Crippen molar-refractivity contribution in [3.63, 3.8) is 0 Å². The van der Waals surface area contributed by atoms with Gasteiger partial charge in [-0.2, -0.15) is 15.0 Å². The summed E-state index contributed by atoms with van der Waals surface area (Å²) in [6, 6.07) is 3.88. The molecular weight excluding hydrogens is 481 g/mol. The van der Waals surface area contributed by atoms with E-state index in [2.05, 4.69) is 30.0 Å². The minimum absolute atomic E-state index is 0.129. The van der Waals surface area contributed by atoms with Crippen molar-refractivity contribution in [3.8, 4) is 5.75 Å². The number of H-pyrrole nitrogens is 1. The van der Waals surface area contributed by atoms with Crippen molar-refractivity contribution in [1.82, 2.24) is 19.9 Å². The Morgan fingerprint density at radius 2 is 1.97 bits per heavy atom. The topological polar surface area (TPSA) is 122 Å². The maximum atomic E-state index is 12.9. The number of hydrogen-bond acceptors (Lipinski definition) is 8. The van der Waals surface area contributed by atoms with Gasteiger partial charge in [-0.25, -0.2) is 9.69 Å². The lowest BCUT2D eigenvalue weighted by molar-refractivity contribution is -0.274. The molecule has 2 fully saturated rings. The zero-order valence-electron chi connectivity index (χ0n) is 17.5. The standard InChI is InChI=1S/C20H16ClF3N6O4/c1-9-25-16(28-17(26-9)30-4-5-33-18(30)32)29-19(2-3-19)11-6-10-7-12(21)14(34-20(22,23)24)8-13(10)27-15(11)31/h6-8H,2-5H2,1H3,(H,27,31)(H,25,26,28,29). The number of aryl methyl sites for hydroxylation is 1. The quantitative estimate of drug-likeness (QED) is 0.549. The fraction of sp³-hybridized carbons (Fsp3) is 0.350. The van der Waals surface area contributed by atoms with Gasteiger partial charge in [0.15, 0.2) is 0 Å². The maximum absolute atomic E-state index is 12.9. The van der Waals surface area contributed by atoms with Gasteiger partial charge in [0.1, 0.15) is 18.2 Å². The van der Waals surface area contributed by atoms with E-state index in [1.807, 2.05) is 0 Å². The van der Waals surface area contributed by atoms with Crippen LogP contribution < -0.4 is 20.5 Å². The van der Waals surface area contributed by atoms with Crippen LogP contribution in [0.4, 0.5) is 29.9 Å². The highest BCUT2D eigenvalue weighted by molar-refractivity contribution is 6.32. The summed E-state index contributed by atoms with van der Waals surface area (Å²) in [5, 5.41) is 3.33. The normalized spacial score (nSPS) is 17.1. The number of pyridine rings is 1. The van der Waals surface area contributed by atoms with Gasteiger partial charge >= 0.3 is 12.5 Å². The molecule has 0 spiro atoms. The minimum Gasteiger partial charge on any atom is -0.447 e. The number of fused-ring (bicyclic) bond motifs is 1. The second-order valence-corrected chi connectivity index (χ2v) is 8.32. The van der Waals surface area contributed by atoms with Crippen LogP contribution in [0.1, 0.15) is 24.2 Å². The number of nitrogens with one attached hydrogen (secondary N) is 2. The first kappa shape index (κ1) is 22.2. The zero-order chi connectivity index (χ0) is 24.3. The van der Waals surface area contributed by atoms with Crippen molar-refractivity contribution in [3.05, 3.63) is 45.0 Å². The number of carbonyl (C=O) groups excluding carboxylic acids is 1. The fourth-order valence-corrected chi connectivity index (χ4v) is 4.00. The largest absolute Gasteiger partial charge is 0.573 e. The van der Waals surface area contributed by atoms with Crippen LogP contribution in [0, 0.1) is 6.92 Å². The summed E-state index contributed by atoms with van der Waals surface area (Å²) in [4.78, 5) is 41.4.